The molecular formula is C20H17N5O7S2. The number of non-ortho nitro benzene ring substituents is 1. The molecule has 1 saturated heterocycles. The number of thioether (sulfide) groups is 1. The van der Waals surface area contributed by atoms with E-state index in [1.165, 1.54) is 12.0 Å². The number of carbonyl (C=O) groups is 2. The van der Waals surface area contributed by atoms with Crippen LogP contribution in [0.3, 0.4) is 0 Å². The number of nitrogens with zero attached hydrogens (tertiary/aromatic N) is 3. The molecule has 2 aromatic carbocycles. The molecule has 3 rings (SSSR count). The second-order valence-electron chi connectivity index (χ2n) is 6.71. The number of nitro groups is 2. The first-order valence-electron chi connectivity index (χ1n) is 9.57. The van der Waals surface area contributed by atoms with Crippen molar-refractivity contribution < 1.29 is 24.2 Å². The van der Waals surface area contributed by atoms with Gasteiger partial charge in [0.15, 0.2) is 0 Å². The molecule has 176 valence electrons. The zero-order valence-corrected chi connectivity index (χ0v) is 19.2. The molecule has 1 heterocycles. The molecule has 0 unspecified atom stereocenters. The van der Waals surface area contributed by atoms with Crippen molar-refractivity contribution in [3.8, 4) is 5.75 Å². The van der Waals surface area contributed by atoms with Crippen molar-refractivity contribution in [2.75, 3.05) is 19.1 Å². The minimum Gasteiger partial charge on any atom is -0.496 e. The fraction of sp³-hybridized carbons (Fsp3) is 0.150. The van der Waals surface area contributed by atoms with Crippen LogP contribution >= 0.6 is 24.0 Å². The van der Waals surface area contributed by atoms with Gasteiger partial charge in [0, 0.05) is 24.6 Å². The number of carbonyl (C=O) groups excluding carboxylic acids is 2. The van der Waals surface area contributed by atoms with Crippen LogP contribution in [-0.4, -0.2) is 44.5 Å². The van der Waals surface area contributed by atoms with Crippen LogP contribution in [0, 0.1) is 20.2 Å². The molecular weight excluding hydrogens is 486 g/mol. The fourth-order valence-electron chi connectivity index (χ4n) is 2.92. The summed E-state index contributed by atoms with van der Waals surface area (Å²) in [5, 5.41) is 22.0. The average molecular weight is 504 g/mol. The Morgan fingerprint density at radius 2 is 1.94 bits per heavy atom. The van der Waals surface area contributed by atoms with Crippen molar-refractivity contribution in [3.05, 3.63) is 73.2 Å². The van der Waals surface area contributed by atoms with Crippen LogP contribution < -0.4 is 15.6 Å². The predicted molar refractivity (Wildman–Crippen MR) is 129 cm³/mol. The molecule has 0 bridgehead atoms. The molecule has 0 saturated carbocycles. The maximum absolute atomic E-state index is 12.7. The van der Waals surface area contributed by atoms with E-state index in [0.717, 1.165) is 30.0 Å². The molecule has 0 radical (unpaired) electrons. The Morgan fingerprint density at radius 1 is 1.21 bits per heavy atom. The highest BCUT2D eigenvalue weighted by Gasteiger charge is 2.32. The molecule has 1 fully saturated rings. The van der Waals surface area contributed by atoms with E-state index < -0.39 is 27.1 Å². The van der Waals surface area contributed by atoms with E-state index in [0.29, 0.717) is 16.2 Å². The smallest absolute Gasteiger partial charge is 0.300 e. The number of benzene rings is 2. The summed E-state index contributed by atoms with van der Waals surface area (Å²) in [4.78, 5) is 47.1. The van der Waals surface area contributed by atoms with Gasteiger partial charge < -0.3 is 4.74 Å². The molecule has 34 heavy (non-hydrogen) atoms. The summed E-state index contributed by atoms with van der Waals surface area (Å²) >= 11 is 6.37. The van der Waals surface area contributed by atoms with Gasteiger partial charge in [-0.3, -0.25) is 45.6 Å². The van der Waals surface area contributed by atoms with Gasteiger partial charge in [-0.1, -0.05) is 42.2 Å². The second-order valence-corrected chi connectivity index (χ2v) is 8.39. The van der Waals surface area contributed by atoms with Gasteiger partial charge in [0.1, 0.15) is 15.8 Å². The first-order chi connectivity index (χ1) is 16.2. The van der Waals surface area contributed by atoms with Gasteiger partial charge in [-0.25, -0.2) is 0 Å². The van der Waals surface area contributed by atoms with Crippen LogP contribution in [-0.2, 0) is 9.59 Å². The average Bonchev–Trinajstić information content (AvgIpc) is 3.08. The maximum Gasteiger partial charge on any atom is 0.300 e. The Kier molecular flexibility index (Phi) is 7.75. The molecule has 0 aromatic heterocycles. The van der Waals surface area contributed by atoms with Crippen molar-refractivity contribution in [1.82, 2.24) is 10.3 Å². The third-order valence-electron chi connectivity index (χ3n) is 4.59. The lowest BCUT2D eigenvalue weighted by molar-refractivity contribution is -0.393. The van der Waals surface area contributed by atoms with Crippen molar-refractivity contribution in [1.29, 1.82) is 0 Å². The van der Waals surface area contributed by atoms with Gasteiger partial charge in [0.25, 0.3) is 11.6 Å². The SMILES string of the molecule is COc1ccccc1C=C1SC(=S)N(CCC(=O)NNc2ccc([N+](=O)[O-])cc2[N+](=O)[O-])C1=O. The number of hydrazine groups is 1. The summed E-state index contributed by atoms with van der Waals surface area (Å²) in [6.45, 7) is -0.0101. The number of anilines is 1. The standard InChI is InChI=1S/C20H17N5O7S2/c1-32-16-5-3-2-4-12(16)10-17-19(27)23(20(33)34-17)9-8-18(26)22-21-14-7-6-13(24(28)29)11-15(14)25(30)31/h2-7,10-11,21H,8-9H2,1H3,(H,22,26). The monoisotopic (exact) mass is 503 g/mol. The minimum absolute atomic E-state index is 0.0101. The van der Waals surface area contributed by atoms with Gasteiger partial charge in [-0.15, -0.1) is 0 Å². The lowest BCUT2D eigenvalue weighted by Gasteiger charge is -2.14. The summed E-state index contributed by atoms with van der Waals surface area (Å²) in [6, 6.07) is 10.1. The van der Waals surface area contributed by atoms with E-state index in [1.807, 2.05) is 6.07 Å². The molecule has 0 atom stereocenters. The predicted octanol–water partition coefficient (Wildman–Crippen LogP) is 3.25. The molecule has 12 nitrogen and oxygen atoms in total. The van der Waals surface area contributed by atoms with E-state index in [1.54, 1.807) is 24.3 Å². The number of para-hydroxylation sites is 1. The molecule has 14 heteroatoms. The zero-order valence-electron chi connectivity index (χ0n) is 17.5. The number of methoxy groups -OCH3 is 1. The minimum atomic E-state index is -0.810. The van der Waals surface area contributed by atoms with E-state index in [4.69, 9.17) is 17.0 Å². The molecule has 0 aliphatic carbocycles. The zero-order chi connectivity index (χ0) is 24.8. The van der Waals surface area contributed by atoms with Crippen molar-refractivity contribution in [3.63, 3.8) is 0 Å². The van der Waals surface area contributed by atoms with E-state index in [-0.39, 0.29) is 28.9 Å². The fourth-order valence-corrected chi connectivity index (χ4v) is 4.22. The van der Waals surface area contributed by atoms with Crippen molar-refractivity contribution in [2.45, 2.75) is 6.42 Å². The molecule has 1 aliphatic rings. The Bertz CT molecular complexity index is 1220. The van der Waals surface area contributed by atoms with E-state index >= 15 is 0 Å². The van der Waals surface area contributed by atoms with Gasteiger partial charge in [0.2, 0.25) is 5.91 Å². The normalized spacial score (nSPS) is 14.3. The summed E-state index contributed by atoms with van der Waals surface area (Å²) in [7, 11) is 1.52. The third kappa shape index (κ3) is 5.65. The highest BCUT2D eigenvalue weighted by atomic mass is 32.2. The van der Waals surface area contributed by atoms with Crippen LogP contribution in [0.2, 0.25) is 0 Å². The quantitative estimate of drug-likeness (QED) is 0.225. The third-order valence-corrected chi connectivity index (χ3v) is 5.96. The van der Waals surface area contributed by atoms with Gasteiger partial charge >= 0.3 is 5.69 Å². The summed E-state index contributed by atoms with van der Waals surface area (Å²) in [5.41, 5.74) is 4.20. The number of rotatable bonds is 9. The number of amides is 2. The first kappa shape index (κ1) is 24.6. The Morgan fingerprint density at radius 3 is 2.62 bits per heavy atom. The summed E-state index contributed by atoms with van der Waals surface area (Å²) in [6.07, 6.45) is 1.51. The van der Waals surface area contributed by atoms with Crippen LogP contribution in [0.4, 0.5) is 17.1 Å². The Hall–Kier alpha value is -4.04. The van der Waals surface area contributed by atoms with Crippen LogP contribution in [0.15, 0.2) is 47.4 Å². The molecule has 2 aromatic rings. The first-order valence-corrected chi connectivity index (χ1v) is 10.8. The van der Waals surface area contributed by atoms with Crippen molar-refractivity contribution in [2.24, 2.45) is 0 Å². The summed E-state index contributed by atoms with van der Waals surface area (Å²) < 4.78 is 5.57. The molecule has 1 aliphatic heterocycles. The van der Waals surface area contributed by atoms with E-state index in [9.17, 15) is 29.8 Å². The molecule has 2 N–H and O–H groups in total. The second kappa shape index (κ2) is 10.7. The Balaban J connectivity index is 1.61. The van der Waals surface area contributed by atoms with E-state index in [2.05, 4.69) is 10.9 Å². The number of hydrogen-bond donors (Lipinski definition) is 2. The topological polar surface area (TPSA) is 157 Å². The molecule has 0 spiro atoms. The van der Waals surface area contributed by atoms with Gasteiger partial charge in [0.05, 0.1) is 27.9 Å². The lowest BCUT2D eigenvalue weighted by atomic mass is 10.2. The molecule has 2 amide bonds. The van der Waals surface area contributed by atoms with Gasteiger partial charge in [-0.2, -0.15) is 0 Å². The van der Waals surface area contributed by atoms with Crippen LogP contribution in [0.5, 0.6) is 5.75 Å². The number of nitro benzene ring substituents is 2. The summed E-state index contributed by atoms with van der Waals surface area (Å²) in [5.74, 6) is -0.332. The largest absolute Gasteiger partial charge is 0.496 e. The highest BCUT2D eigenvalue weighted by molar-refractivity contribution is 8.26. The van der Waals surface area contributed by atoms with Crippen molar-refractivity contribution >= 4 is 63.3 Å². The number of ether oxygens (including phenoxy) is 1. The number of hydrogen-bond acceptors (Lipinski definition) is 10. The maximum atomic E-state index is 12.7. The number of nitrogens with one attached hydrogen (secondary N) is 2. The van der Waals surface area contributed by atoms with Crippen LogP contribution in [0.25, 0.3) is 6.08 Å². The number of thiocarbonyl (C=S) groups is 1. The van der Waals surface area contributed by atoms with Crippen LogP contribution in [0.1, 0.15) is 12.0 Å². The Labute approximate surface area is 202 Å². The highest BCUT2D eigenvalue weighted by Crippen LogP contribution is 2.34. The van der Waals surface area contributed by atoms with Gasteiger partial charge in [-0.05, 0) is 18.2 Å². The lowest BCUT2D eigenvalue weighted by Crippen LogP contribution is -2.35.